The van der Waals surface area contributed by atoms with Crippen LogP contribution >= 0.6 is 0 Å². The van der Waals surface area contributed by atoms with E-state index in [2.05, 4.69) is 44.9 Å². The lowest BCUT2D eigenvalue weighted by atomic mass is 9.77. The second-order valence-electron chi connectivity index (χ2n) is 19.7. The van der Waals surface area contributed by atoms with E-state index in [1.54, 1.807) is 20.8 Å². The highest BCUT2D eigenvalue weighted by Gasteiger charge is 2.40. The molecule has 3 aliphatic rings. The number of hydrogen-bond donors (Lipinski definition) is 4. The predicted octanol–water partition coefficient (Wildman–Crippen LogP) is 8.67. The summed E-state index contributed by atoms with van der Waals surface area (Å²) in [4.78, 5) is 73.2. The number of benzene rings is 1. The Kier molecular flexibility index (Phi) is 13.7. The summed E-state index contributed by atoms with van der Waals surface area (Å²) in [7, 11) is 0. The van der Waals surface area contributed by atoms with Crippen LogP contribution in [0.5, 0.6) is 0 Å². The van der Waals surface area contributed by atoms with Gasteiger partial charge < -0.3 is 39.9 Å². The summed E-state index contributed by atoms with van der Waals surface area (Å²) in [5.41, 5.74) is 3.09. The molecule has 0 bridgehead atoms. The number of H-pyrrole nitrogens is 2. The summed E-state index contributed by atoms with van der Waals surface area (Å²) in [6.07, 6.45) is 10.2. The molecular formula is C46H68N8O6. The van der Waals surface area contributed by atoms with E-state index >= 15 is 0 Å². The van der Waals surface area contributed by atoms with Gasteiger partial charge >= 0.3 is 12.2 Å². The Balaban J connectivity index is 1.03. The third-order valence-corrected chi connectivity index (χ3v) is 12.0. The van der Waals surface area contributed by atoms with Crippen molar-refractivity contribution in [2.75, 3.05) is 13.1 Å². The molecule has 4 amide bonds. The SMILES string of the molecule is CC(C)[C@@H](NC(=O)OC(C)(C)C)C(=O)N1CCC[C@H]1c1ncc(-c2ccc(C3CCC(c4cnc([C@@H]5CCCN5C(=O)[C@H](NC(=O)OC(C)(C)C)C(C)C)[nH]4)CC3)cc2)[nH]1. The number of alkyl carbamates (subject to hydrolysis) is 2. The zero-order valence-electron chi connectivity index (χ0n) is 37.4. The number of imidazole rings is 2. The van der Waals surface area contributed by atoms with Gasteiger partial charge in [-0.3, -0.25) is 9.59 Å². The van der Waals surface area contributed by atoms with Crippen molar-refractivity contribution in [3.05, 3.63) is 59.6 Å². The van der Waals surface area contributed by atoms with Gasteiger partial charge in [-0.05, 0) is 122 Å². The smallest absolute Gasteiger partial charge is 0.408 e. The number of nitrogens with zero attached hydrogens (tertiary/aromatic N) is 4. The molecule has 6 rings (SSSR count). The molecule has 0 radical (unpaired) electrons. The summed E-state index contributed by atoms with van der Waals surface area (Å²) < 4.78 is 10.9. The number of ether oxygens (including phenoxy) is 2. The van der Waals surface area contributed by atoms with E-state index in [0.29, 0.717) is 24.9 Å². The van der Waals surface area contributed by atoms with Crippen LogP contribution in [0, 0.1) is 11.8 Å². The maximum Gasteiger partial charge on any atom is 0.408 e. The highest BCUT2D eigenvalue weighted by atomic mass is 16.6. The molecule has 3 fully saturated rings. The maximum atomic E-state index is 13.8. The van der Waals surface area contributed by atoms with Gasteiger partial charge in [-0.25, -0.2) is 19.6 Å². The minimum atomic E-state index is -0.699. The molecule has 4 atom stereocenters. The Bertz CT molecular complexity index is 1950. The Morgan fingerprint density at radius 1 is 0.650 bits per heavy atom. The molecule has 2 saturated heterocycles. The first-order chi connectivity index (χ1) is 28.3. The first kappa shape index (κ1) is 44.7. The molecule has 4 N–H and O–H groups in total. The summed E-state index contributed by atoms with van der Waals surface area (Å²) in [6.45, 7) is 19.8. The molecule has 2 aliphatic heterocycles. The van der Waals surface area contributed by atoms with E-state index in [0.717, 1.165) is 80.0 Å². The molecule has 1 aliphatic carbocycles. The topological polar surface area (TPSA) is 175 Å². The molecule has 14 heteroatoms. The van der Waals surface area contributed by atoms with Crippen LogP contribution in [0.15, 0.2) is 36.7 Å². The van der Waals surface area contributed by atoms with Gasteiger partial charge in [-0.15, -0.1) is 0 Å². The van der Waals surface area contributed by atoms with E-state index in [1.165, 1.54) is 5.56 Å². The lowest BCUT2D eigenvalue weighted by molar-refractivity contribution is -0.136. The normalized spacial score (nSPS) is 22.2. The van der Waals surface area contributed by atoms with Crippen LogP contribution < -0.4 is 10.6 Å². The predicted molar refractivity (Wildman–Crippen MR) is 230 cm³/mol. The number of nitrogens with one attached hydrogen (secondary N) is 4. The third-order valence-electron chi connectivity index (χ3n) is 12.0. The standard InChI is InChI=1S/C46H68N8O6/c1-27(2)37(51-43(57)59-45(5,6)7)41(55)53-23-11-13-35(53)39-47-25-33(49-39)31-19-15-29(16-20-31)30-17-21-32(22-18-30)34-26-48-40(50-34)36-14-12-24-54(36)42(56)38(28(3)4)52-44(58)60-46(8,9)10/h15-16,19-20,25-28,30,32,35-38H,11-14,17-18,21-24H2,1-10H3,(H,47,49)(H,48,50)(H,51,57)(H,52,58)/t30?,32?,35-,36-,37+,38+/m0/s1. The third kappa shape index (κ3) is 10.9. The van der Waals surface area contributed by atoms with Crippen LogP contribution in [-0.2, 0) is 19.1 Å². The average molecular weight is 829 g/mol. The molecule has 328 valence electrons. The molecule has 0 spiro atoms. The van der Waals surface area contributed by atoms with Gasteiger partial charge in [0.2, 0.25) is 11.8 Å². The lowest BCUT2D eigenvalue weighted by Gasteiger charge is -2.31. The fourth-order valence-electron chi connectivity index (χ4n) is 8.94. The molecule has 60 heavy (non-hydrogen) atoms. The van der Waals surface area contributed by atoms with Gasteiger partial charge in [-0.1, -0.05) is 52.0 Å². The monoisotopic (exact) mass is 829 g/mol. The van der Waals surface area contributed by atoms with Crippen LogP contribution in [0.2, 0.25) is 0 Å². The Hall–Kier alpha value is -4.88. The quantitative estimate of drug-likeness (QED) is 0.149. The number of aromatic amines is 2. The van der Waals surface area contributed by atoms with E-state index in [1.807, 2.05) is 70.7 Å². The first-order valence-corrected chi connectivity index (χ1v) is 22.1. The maximum absolute atomic E-state index is 13.8. The van der Waals surface area contributed by atoms with Crippen LogP contribution in [0.25, 0.3) is 11.3 Å². The largest absolute Gasteiger partial charge is 0.444 e. The summed E-state index contributed by atoms with van der Waals surface area (Å²) in [5.74, 6) is 1.97. The van der Waals surface area contributed by atoms with Crippen molar-refractivity contribution in [1.82, 2.24) is 40.4 Å². The Morgan fingerprint density at radius 3 is 1.57 bits per heavy atom. The lowest BCUT2D eigenvalue weighted by Crippen LogP contribution is -2.52. The molecule has 3 aromatic rings. The fraction of sp³-hybridized carbons (Fsp3) is 0.652. The van der Waals surface area contributed by atoms with E-state index in [9.17, 15) is 19.2 Å². The molecular weight excluding hydrogens is 761 g/mol. The molecule has 1 aromatic carbocycles. The summed E-state index contributed by atoms with van der Waals surface area (Å²) in [6, 6.07) is 7.02. The van der Waals surface area contributed by atoms with Crippen LogP contribution in [-0.4, -0.2) is 90.1 Å². The highest BCUT2D eigenvalue weighted by Crippen LogP contribution is 2.41. The second kappa shape index (κ2) is 18.4. The van der Waals surface area contributed by atoms with Gasteiger partial charge in [0.25, 0.3) is 0 Å². The highest BCUT2D eigenvalue weighted by molar-refractivity contribution is 5.87. The average Bonchev–Trinajstić information content (AvgIpc) is 4.01. The van der Waals surface area contributed by atoms with Crippen molar-refractivity contribution >= 4 is 24.0 Å². The van der Waals surface area contributed by atoms with Gasteiger partial charge in [0.15, 0.2) is 0 Å². The van der Waals surface area contributed by atoms with Crippen LogP contribution in [0.4, 0.5) is 9.59 Å². The number of amides is 4. The zero-order valence-corrected chi connectivity index (χ0v) is 37.4. The number of aromatic nitrogens is 4. The Morgan fingerprint density at radius 2 is 1.10 bits per heavy atom. The first-order valence-electron chi connectivity index (χ1n) is 22.1. The van der Waals surface area contributed by atoms with Gasteiger partial charge in [-0.2, -0.15) is 0 Å². The van der Waals surface area contributed by atoms with Crippen molar-refractivity contribution in [1.29, 1.82) is 0 Å². The number of carbonyl (C=O) groups excluding carboxylic acids is 4. The van der Waals surface area contributed by atoms with Crippen molar-refractivity contribution in [3.63, 3.8) is 0 Å². The van der Waals surface area contributed by atoms with Crippen molar-refractivity contribution in [2.24, 2.45) is 11.8 Å². The molecule has 2 aromatic heterocycles. The molecule has 14 nitrogen and oxygen atoms in total. The molecule has 1 saturated carbocycles. The van der Waals surface area contributed by atoms with E-state index in [-0.39, 0.29) is 35.7 Å². The molecule has 4 heterocycles. The van der Waals surface area contributed by atoms with Crippen LogP contribution in [0.1, 0.15) is 167 Å². The fourth-order valence-corrected chi connectivity index (χ4v) is 8.94. The van der Waals surface area contributed by atoms with Gasteiger partial charge in [0.05, 0.1) is 24.0 Å². The number of likely N-dealkylation sites (tertiary alicyclic amines) is 2. The van der Waals surface area contributed by atoms with E-state index < -0.39 is 35.5 Å². The van der Waals surface area contributed by atoms with E-state index in [4.69, 9.17) is 19.4 Å². The van der Waals surface area contributed by atoms with Gasteiger partial charge in [0, 0.05) is 30.9 Å². The number of rotatable bonds is 11. The van der Waals surface area contributed by atoms with Crippen molar-refractivity contribution in [2.45, 2.75) is 168 Å². The minimum Gasteiger partial charge on any atom is -0.444 e. The van der Waals surface area contributed by atoms with Crippen molar-refractivity contribution in [3.8, 4) is 11.3 Å². The number of hydrogen-bond acceptors (Lipinski definition) is 8. The molecule has 0 unspecified atom stereocenters. The van der Waals surface area contributed by atoms with Crippen molar-refractivity contribution < 1.29 is 28.7 Å². The Labute approximate surface area is 355 Å². The summed E-state index contributed by atoms with van der Waals surface area (Å²) in [5, 5.41) is 5.64. The zero-order chi connectivity index (χ0) is 43.5. The van der Waals surface area contributed by atoms with Crippen LogP contribution in [0.3, 0.4) is 0 Å². The minimum absolute atomic E-state index is 0.101. The number of carbonyl (C=O) groups is 4. The second-order valence-corrected chi connectivity index (χ2v) is 19.7. The van der Waals surface area contributed by atoms with Gasteiger partial charge in [0.1, 0.15) is 34.9 Å². The summed E-state index contributed by atoms with van der Waals surface area (Å²) >= 11 is 0.